The van der Waals surface area contributed by atoms with Crippen LogP contribution >= 0.6 is 27.5 Å². The van der Waals surface area contributed by atoms with Crippen molar-refractivity contribution in [3.63, 3.8) is 0 Å². The van der Waals surface area contributed by atoms with Crippen LogP contribution in [-0.4, -0.2) is 0 Å². The first-order valence-electron chi connectivity index (χ1n) is 5.69. The number of hydrogen-bond acceptors (Lipinski definition) is 1. The quantitative estimate of drug-likeness (QED) is 0.663. The molecule has 0 fully saturated rings. The van der Waals surface area contributed by atoms with E-state index in [9.17, 15) is 0 Å². The van der Waals surface area contributed by atoms with E-state index >= 15 is 0 Å². The van der Waals surface area contributed by atoms with Crippen LogP contribution < -0.4 is 4.74 Å². The second-order valence-corrected chi connectivity index (χ2v) is 5.23. The first kappa shape index (κ1) is 13.4. The number of aryl methyl sites for hydroxylation is 2. The summed E-state index contributed by atoms with van der Waals surface area (Å²) in [5.41, 5.74) is 3.55. The molecule has 0 aliphatic carbocycles. The van der Waals surface area contributed by atoms with Gasteiger partial charge in [-0.05, 0) is 54.8 Å². The summed E-state index contributed by atoms with van der Waals surface area (Å²) in [4.78, 5) is 0. The summed E-state index contributed by atoms with van der Waals surface area (Å²) in [6.45, 7) is 4.08. The molecular formula is C15H14BrClO. The van der Waals surface area contributed by atoms with Gasteiger partial charge in [-0.3, -0.25) is 0 Å². The highest BCUT2D eigenvalue weighted by atomic mass is 79.9. The van der Waals surface area contributed by atoms with Gasteiger partial charge in [0.15, 0.2) is 0 Å². The van der Waals surface area contributed by atoms with Gasteiger partial charge in [-0.15, -0.1) is 0 Å². The second-order valence-electron chi connectivity index (χ2n) is 4.23. The lowest BCUT2D eigenvalue weighted by molar-refractivity contribution is 0.478. The second kappa shape index (κ2) is 5.77. The molecule has 1 nitrogen and oxygen atoms in total. The lowest BCUT2D eigenvalue weighted by Gasteiger charge is -2.11. The van der Waals surface area contributed by atoms with E-state index in [1.165, 1.54) is 11.1 Å². The van der Waals surface area contributed by atoms with Gasteiger partial charge in [0.2, 0.25) is 0 Å². The molecule has 0 spiro atoms. The van der Waals surface area contributed by atoms with Crippen LogP contribution in [0.4, 0.5) is 0 Å². The zero-order chi connectivity index (χ0) is 13.1. The molecule has 18 heavy (non-hydrogen) atoms. The largest absolute Gasteiger partial charge is 0.457 e. The van der Waals surface area contributed by atoms with E-state index in [2.05, 4.69) is 28.9 Å². The Labute approximate surface area is 121 Å². The van der Waals surface area contributed by atoms with Gasteiger partial charge in [0, 0.05) is 10.4 Å². The summed E-state index contributed by atoms with van der Waals surface area (Å²) in [6.07, 6.45) is 0. The first-order chi connectivity index (χ1) is 8.60. The lowest BCUT2D eigenvalue weighted by Crippen LogP contribution is -1.90. The molecule has 0 aliphatic heterocycles. The Balaban J connectivity index is 2.28. The number of benzene rings is 2. The van der Waals surface area contributed by atoms with Crippen LogP contribution in [0.1, 0.15) is 16.7 Å². The SMILES string of the molecule is Cc1cc(Oc2cc(Cl)ccc2C)ccc1CBr. The molecule has 0 unspecified atom stereocenters. The summed E-state index contributed by atoms with van der Waals surface area (Å²) in [5.74, 6) is 1.64. The number of alkyl halides is 1. The molecule has 0 bridgehead atoms. The third kappa shape index (κ3) is 3.06. The molecule has 0 atom stereocenters. The van der Waals surface area contributed by atoms with Crippen molar-refractivity contribution in [2.75, 3.05) is 0 Å². The molecule has 0 saturated carbocycles. The Kier molecular flexibility index (Phi) is 4.31. The highest BCUT2D eigenvalue weighted by Crippen LogP contribution is 2.29. The van der Waals surface area contributed by atoms with Gasteiger partial charge in [-0.25, -0.2) is 0 Å². The Morgan fingerprint density at radius 3 is 2.50 bits per heavy atom. The van der Waals surface area contributed by atoms with Crippen LogP contribution in [0.5, 0.6) is 11.5 Å². The van der Waals surface area contributed by atoms with Gasteiger partial charge in [0.25, 0.3) is 0 Å². The van der Waals surface area contributed by atoms with Crippen molar-refractivity contribution in [3.05, 3.63) is 58.1 Å². The molecule has 0 aromatic heterocycles. The van der Waals surface area contributed by atoms with Crippen LogP contribution in [-0.2, 0) is 5.33 Å². The highest BCUT2D eigenvalue weighted by molar-refractivity contribution is 9.08. The smallest absolute Gasteiger partial charge is 0.131 e. The third-order valence-corrected chi connectivity index (χ3v) is 3.68. The molecule has 0 heterocycles. The van der Waals surface area contributed by atoms with Crippen molar-refractivity contribution in [3.8, 4) is 11.5 Å². The van der Waals surface area contributed by atoms with E-state index in [1.807, 2.05) is 37.3 Å². The molecule has 2 aromatic rings. The van der Waals surface area contributed by atoms with E-state index < -0.39 is 0 Å². The number of hydrogen-bond donors (Lipinski definition) is 0. The fourth-order valence-electron chi connectivity index (χ4n) is 1.69. The summed E-state index contributed by atoms with van der Waals surface area (Å²) in [7, 11) is 0. The lowest BCUT2D eigenvalue weighted by atomic mass is 10.1. The topological polar surface area (TPSA) is 9.23 Å². The monoisotopic (exact) mass is 324 g/mol. The number of halogens is 2. The molecule has 0 saturated heterocycles. The first-order valence-corrected chi connectivity index (χ1v) is 7.19. The Hall–Kier alpha value is -0.990. The van der Waals surface area contributed by atoms with Crippen LogP contribution in [0.25, 0.3) is 0 Å². The van der Waals surface area contributed by atoms with Crippen LogP contribution in [0, 0.1) is 13.8 Å². The average molecular weight is 326 g/mol. The Morgan fingerprint density at radius 1 is 1.06 bits per heavy atom. The summed E-state index contributed by atoms with van der Waals surface area (Å²) >= 11 is 9.44. The van der Waals surface area contributed by atoms with E-state index in [-0.39, 0.29) is 0 Å². The maximum Gasteiger partial charge on any atom is 0.131 e. The highest BCUT2D eigenvalue weighted by Gasteiger charge is 2.04. The van der Waals surface area contributed by atoms with E-state index in [1.54, 1.807) is 0 Å². The minimum Gasteiger partial charge on any atom is -0.457 e. The number of rotatable bonds is 3. The van der Waals surface area contributed by atoms with Crippen molar-refractivity contribution in [2.45, 2.75) is 19.2 Å². The molecule has 0 radical (unpaired) electrons. The van der Waals surface area contributed by atoms with Crippen molar-refractivity contribution in [2.24, 2.45) is 0 Å². The van der Waals surface area contributed by atoms with Gasteiger partial charge in [-0.2, -0.15) is 0 Å². The molecule has 94 valence electrons. The van der Waals surface area contributed by atoms with Crippen LogP contribution in [0.3, 0.4) is 0 Å². The minimum absolute atomic E-state index is 0.685. The maximum atomic E-state index is 5.98. The molecule has 0 N–H and O–H groups in total. The molecule has 3 heteroatoms. The van der Waals surface area contributed by atoms with E-state index in [0.29, 0.717) is 5.02 Å². The zero-order valence-corrected chi connectivity index (χ0v) is 12.7. The summed E-state index contributed by atoms with van der Waals surface area (Å²) in [6, 6.07) is 11.7. The van der Waals surface area contributed by atoms with Crippen LogP contribution in [0.2, 0.25) is 5.02 Å². The molecule has 2 rings (SSSR count). The normalized spacial score (nSPS) is 10.4. The van der Waals surface area contributed by atoms with E-state index in [0.717, 1.165) is 22.4 Å². The predicted octanol–water partition coefficient (Wildman–Crippen LogP) is 5.64. The molecule has 0 aliphatic rings. The van der Waals surface area contributed by atoms with Crippen molar-refractivity contribution in [1.82, 2.24) is 0 Å². The molecule has 2 aromatic carbocycles. The predicted molar refractivity (Wildman–Crippen MR) is 80.1 cm³/mol. The zero-order valence-electron chi connectivity index (χ0n) is 10.3. The van der Waals surface area contributed by atoms with Gasteiger partial charge >= 0.3 is 0 Å². The minimum atomic E-state index is 0.685. The fourth-order valence-corrected chi connectivity index (χ4v) is 2.48. The average Bonchev–Trinajstić information content (AvgIpc) is 2.34. The molecule has 0 amide bonds. The van der Waals surface area contributed by atoms with Crippen molar-refractivity contribution >= 4 is 27.5 Å². The summed E-state index contributed by atoms with van der Waals surface area (Å²) in [5, 5.41) is 1.54. The van der Waals surface area contributed by atoms with Gasteiger partial charge in [0.1, 0.15) is 11.5 Å². The van der Waals surface area contributed by atoms with E-state index in [4.69, 9.17) is 16.3 Å². The number of ether oxygens (including phenoxy) is 1. The van der Waals surface area contributed by atoms with Crippen molar-refractivity contribution in [1.29, 1.82) is 0 Å². The van der Waals surface area contributed by atoms with Gasteiger partial charge in [-0.1, -0.05) is 39.7 Å². The Morgan fingerprint density at radius 2 is 1.83 bits per heavy atom. The third-order valence-electron chi connectivity index (χ3n) is 2.84. The molecular weight excluding hydrogens is 312 g/mol. The van der Waals surface area contributed by atoms with Crippen molar-refractivity contribution < 1.29 is 4.74 Å². The fraction of sp³-hybridized carbons (Fsp3) is 0.200. The standard InChI is InChI=1S/C15H14BrClO/c1-10-3-5-13(17)8-15(10)18-14-6-4-12(9-16)11(2)7-14/h3-8H,9H2,1-2H3. The summed E-state index contributed by atoms with van der Waals surface area (Å²) < 4.78 is 5.87. The van der Waals surface area contributed by atoms with Gasteiger partial charge in [0.05, 0.1) is 0 Å². The van der Waals surface area contributed by atoms with Crippen LogP contribution in [0.15, 0.2) is 36.4 Å². The maximum absolute atomic E-state index is 5.98. The Bertz CT molecular complexity index is 566. The van der Waals surface area contributed by atoms with Gasteiger partial charge < -0.3 is 4.74 Å².